The van der Waals surface area contributed by atoms with Crippen molar-refractivity contribution in [3.8, 4) is 11.5 Å². The molecule has 0 amide bonds. The molecular weight excluding hydrogens is 304 g/mol. The van der Waals surface area contributed by atoms with E-state index >= 15 is 0 Å². The highest BCUT2D eigenvalue weighted by Gasteiger charge is 2.25. The van der Waals surface area contributed by atoms with Crippen LogP contribution in [0.2, 0.25) is 0 Å². The van der Waals surface area contributed by atoms with Crippen LogP contribution >= 0.6 is 0 Å². The lowest BCUT2D eigenvalue weighted by molar-refractivity contribution is 0.169. The number of para-hydroxylation sites is 1. The molecule has 126 valence electrons. The minimum atomic E-state index is 0.457. The molecule has 2 aromatic rings. The number of hydrogen-bond acceptors (Lipinski definition) is 6. The maximum absolute atomic E-state index is 5.77. The van der Waals surface area contributed by atoms with E-state index in [1.165, 1.54) is 12.8 Å². The molecule has 0 saturated carbocycles. The molecule has 0 aliphatic carbocycles. The first-order valence-electron chi connectivity index (χ1n) is 8.54. The predicted molar refractivity (Wildman–Crippen MR) is 91.5 cm³/mol. The van der Waals surface area contributed by atoms with E-state index in [-0.39, 0.29) is 0 Å². The Morgan fingerprint density at radius 2 is 2.12 bits per heavy atom. The van der Waals surface area contributed by atoms with Gasteiger partial charge in [0.1, 0.15) is 13.2 Å². The SMILES string of the molecule is c1cnnc(N2CCCC2CNCc2cccc3c2OCCO3)c1. The largest absolute Gasteiger partial charge is 0.486 e. The van der Waals surface area contributed by atoms with Gasteiger partial charge in [-0.15, -0.1) is 5.10 Å². The van der Waals surface area contributed by atoms with Crippen LogP contribution in [0.5, 0.6) is 11.5 Å². The topological polar surface area (TPSA) is 59.5 Å². The Labute approximate surface area is 141 Å². The van der Waals surface area contributed by atoms with E-state index in [2.05, 4.69) is 26.5 Å². The predicted octanol–water partition coefficient (Wildman–Crippen LogP) is 2.01. The van der Waals surface area contributed by atoms with Crippen LogP contribution in [0, 0.1) is 0 Å². The van der Waals surface area contributed by atoms with Gasteiger partial charge in [-0.2, -0.15) is 5.10 Å². The van der Waals surface area contributed by atoms with Gasteiger partial charge < -0.3 is 19.7 Å². The normalized spacial score (nSPS) is 19.5. The number of benzene rings is 1. The third-order valence-corrected chi connectivity index (χ3v) is 4.57. The second-order valence-corrected chi connectivity index (χ2v) is 6.14. The summed E-state index contributed by atoms with van der Waals surface area (Å²) in [7, 11) is 0. The lowest BCUT2D eigenvalue weighted by Crippen LogP contribution is -2.38. The molecule has 0 radical (unpaired) electrons. The fourth-order valence-corrected chi connectivity index (χ4v) is 3.44. The molecule has 1 aromatic heterocycles. The minimum Gasteiger partial charge on any atom is -0.486 e. The van der Waals surface area contributed by atoms with Crippen LogP contribution in [0.3, 0.4) is 0 Å². The molecule has 2 aliphatic rings. The van der Waals surface area contributed by atoms with Crippen molar-refractivity contribution in [1.82, 2.24) is 15.5 Å². The smallest absolute Gasteiger partial charge is 0.165 e. The van der Waals surface area contributed by atoms with Gasteiger partial charge in [0.15, 0.2) is 17.3 Å². The lowest BCUT2D eigenvalue weighted by Gasteiger charge is -2.26. The third kappa shape index (κ3) is 3.14. The molecule has 1 atom stereocenters. The summed E-state index contributed by atoms with van der Waals surface area (Å²) in [6.45, 7) is 3.98. The Balaban J connectivity index is 1.37. The molecule has 1 N–H and O–H groups in total. The van der Waals surface area contributed by atoms with Crippen LogP contribution in [0.25, 0.3) is 0 Å². The van der Waals surface area contributed by atoms with Crippen LogP contribution in [0.15, 0.2) is 36.5 Å². The number of hydrogen-bond donors (Lipinski definition) is 1. The average molecular weight is 326 g/mol. The van der Waals surface area contributed by atoms with Crippen molar-refractivity contribution in [1.29, 1.82) is 0 Å². The van der Waals surface area contributed by atoms with E-state index in [0.717, 1.165) is 42.5 Å². The van der Waals surface area contributed by atoms with Crippen molar-refractivity contribution in [3.63, 3.8) is 0 Å². The highest BCUT2D eigenvalue weighted by atomic mass is 16.6. The molecule has 0 bridgehead atoms. The van der Waals surface area contributed by atoms with E-state index in [0.29, 0.717) is 19.3 Å². The van der Waals surface area contributed by atoms with Crippen LogP contribution in [0.1, 0.15) is 18.4 Å². The van der Waals surface area contributed by atoms with E-state index in [9.17, 15) is 0 Å². The number of anilines is 1. The van der Waals surface area contributed by atoms with Crippen molar-refractivity contribution in [2.75, 3.05) is 31.2 Å². The van der Waals surface area contributed by atoms with Crippen LogP contribution < -0.4 is 19.7 Å². The zero-order valence-electron chi connectivity index (χ0n) is 13.6. The molecule has 6 nitrogen and oxygen atoms in total. The van der Waals surface area contributed by atoms with E-state index in [4.69, 9.17) is 9.47 Å². The highest BCUT2D eigenvalue weighted by molar-refractivity contribution is 5.47. The van der Waals surface area contributed by atoms with Crippen molar-refractivity contribution < 1.29 is 9.47 Å². The summed E-state index contributed by atoms with van der Waals surface area (Å²) in [5.41, 5.74) is 1.15. The number of fused-ring (bicyclic) bond motifs is 1. The monoisotopic (exact) mass is 326 g/mol. The van der Waals surface area contributed by atoms with Crippen molar-refractivity contribution in [2.24, 2.45) is 0 Å². The summed E-state index contributed by atoms with van der Waals surface area (Å²) in [6.07, 6.45) is 4.09. The van der Waals surface area contributed by atoms with Crippen LogP contribution in [0.4, 0.5) is 5.82 Å². The molecule has 1 aromatic carbocycles. The Morgan fingerprint density at radius 1 is 1.17 bits per heavy atom. The number of nitrogens with one attached hydrogen (secondary N) is 1. The molecule has 0 spiro atoms. The summed E-state index contributed by atoms with van der Waals surface area (Å²) < 4.78 is 11.4. The minimum absolute atomic E-state index is 0.457. The average Bonchev–Trinajstić information content (AvgIpc) is 3.11. The molecule has 1 unspecified atom stereocenters. The second kappa shape index (κ2) is 7.05. The van der Waals surface area contributed by atoms with Crippen molar-refractivity contribution in [2.45, 2.75) is 25.4 Å². The third-order valence-electron chi connectivity index (χ3n) is 4.57. The molecule has 2 aliphatic heterocycles. The molecule has 1 saturated heterocycles. The highest BCUT2D eigenvalue weighted by Crippen LogP contribution is 2.33. The summed E-state index contributed by atoms with van der Waals surface area (Å²) in [5.74, 6) is 2.70. The van der Waals surface area contributed by atoms with E-state index < -0.39 is 0 Å². The molecule has 24 heavy (non-hydrogen) atoms. The van der Waals surface area contributed by atoms with Crippen LogP contribution in [-0.4, -0.2) is 42.5 Å². The Kier molecular flexibility index (Phi) is 4.46. The van der Waals surface area contributed by atoms with Gasteiger partial charge in [0.25, 0.3) is 0 Å². The van der Waals surface area contributed by atoms with Crippen molar-refractivity contribution >= 4 is 5.82 Å². The van der Waals surface area contributed by atoms with E-state index in [1.807, 2.05) is 24.3 Å². The fraction of sp³-hybridized carbons (Fsp3) is 0.444. The van der Waals surface area contributed by atoms with Gasteiger partial charge in [-0.05, 0) is 31.0 Å². The molecule has 1 fully saturated rings. The summed E-state index contributed by atoms with van der Waals surface area (Å²) in [6, 6.07) is 10.5. The first-order valence-corrected chi connectivity index (χ1v) is 8.54. The maximum atomic E-state index is 5.77. The van der Waals surface area contributed by atoms with Gasteiger partial charge >= 0.3 is 0 Å². The number of nitrogens with zero attached hydrogens (tertiary/aromatic N) is 3. The molecule has 3 heterocycles. The summed E-state index contributed by atoms with van der Waals surface area (Å²) in [5, 5.41) is 11.8. The zero-order chi connectivity index (χ0) is 16.2. The second-order valence-electron chi connectivity index (χ2n) is 6.14. The summed E-state index contributed by atoms with van der Waals surface area (Å²) >= 11 is 0. The standard InChI is InChI=1S/C18H22N4O2/c1-4-14(18-16(6-1)23-10-11-24-18)12-19-13-15-5-3-9-22(15)17-7-2-8-20-21-17/h1-2,4,6-8,15,19H,3,5,9-13H2. The first kappa shape index (κ1) is 15.2. The van der Waals surface area contributed by atoms with Gasteiger partial charge in [0.05, 0.1) is 0 Å². The zero-order valence-corrected chi connectivity index (χ0v) is 13.6. The molecule has 6 heteroatoms. The number of rotatable bonds is 5. The van der Waals surface area contributed by atoms with Gasteiger partial charge in [0, 0.05) is 37.4 Å². The Morgan fingerprint density at radius 3 is 3.04 bits per heavy atom. The van der Waals surface area contributed by atoms with Crippen molar-refractivity contribution in [3.05, 3.63) is 42.1 Å². The van der Waals surface area contributed by atoms with Gasteiger partial charge in [-0.25, -0.2) is 0 Å². The van der Waals surface area contributed by atoms with Gasteiger partial charge in [-0.1, -0.05) is 12.1 Å². The number of ether oxygens (including phenoxy) is 2. The quantitative estimate of drug-likeness (QED) is 0.907. The summed E-state index contributed by atoms with van der Waals surface area (Å²) in [4.78, 5) is 2.35. The Hall–Kier alpha value is -2.34. The Bertz CT molecular complexity index is 680. The lowest BCUT2D eigenvalue weighted by atomic mass is 10.1. The molecular formula is C18H22N4O2. The first-order chi connectivity index (χ1) is 11.9. The van der Waals surface area contributed by atoms with Gasteiger partial charge in [0.2, 0.25) is 0 Å². The molecule has 4 rings (SSSR count). The van der Waals surface area contributed by atoms with Gasteiger partial charge in [-0.3, -0.25) is 0 Å². The van der Waals surface area contributed by atoms with E-state index in [1.54, 1.807) is 6.20 Å². The van der Waals surface area contributed by atoms with Crippen LogP contribution in [-0.2, 0) is 6.54 Å². The fourth-order valence-electron chi connectivity index (χ4n) is 3.44. The number of aromatic nitrogens is 2. The maximum Gasteiger partial charge on any atom is 0.165 e.